The second kappa shape index (κ2) is 9.92. The van der Waals surface area contributed by atoms with Gasteiger partial charge < -0.3 is 9.47 Å². The van der Waals surface area contributed by atoms with Crippen molar-refractivity contribution in [3.8, 4) is 0 Å². The highest BCUT2D eigenvalue weighted by molar-refractivity contribution is 7.88. The van der Waals surface area contributed by atoms with Crippen LogP contribution in [0.5, 0.6) is 0 Å². The second-order valence-electron chi connectivity index (χ2n) is 9.80. The molecule has 3 nitrogen and oxygen atoms in total. The van der Waals surface area contributed by atoms with E-state index in [0.29, 0.717) is 6.61 Å². The molecule has 2 aromatic carbocycles. The van der Waals surface area contributed by atoms with Crippen LogP contribution in [0.2, 0.25) is 0 Å². The fourth-order valence-corrected chi connectivity index (χ4v) is 6.48. The van der Waals surface area contributed by atoms with Crippen molar-refractivity contribution in [2.45, 2.75) is 58.1 Å². The molecule has 4 rings (SSSR count). The lowest BCUT2D eigenvalue weighted by molar-refractivity contribution is -0.132. The molecule has 33 heavy (non-hydrogen) atoms. The van der Waals surface area contributed by atoms with Crippen LogP contribution in [0, 0.1) is 10.8 Å². The second-order valence-corrected chi connectivity index (χ2v) is 11.1. The summed E-state index contributed by atoms with van der Waals surface area (Å²) in [5.74, 6) is 0. The molecule has 4 heteroatoms. The third-order valence-electron chi connectivity index (χ3n) is 7.11. The molecule has 0 spiro atoms. The van der Waals surface area contributed by atoms with Gasteiger partial charge >= 0.3 is 0 Å². The SMILES string of the molecule is CC1=CC=C2C(C)(C)CCC(OCOCc3ccccc3)C2(C)C1=CS(=O)c1ccccc1. The average Bonchev–Trinajstić information content (AvgIpc) is 2.81. The molecule has 2 aliphatic carbocycles. The van der Waals surface area contributed by atoms with Crippen LogP contribution in [0.25, 0.3) is 0 Å². The first-order valence-electron chi connectivity index (χ1n) is 11.6. The molecule has 0 heterocycles. The van der Waals surface area contributed by atoms with Crippen molar-refractivity contribution in [2.75, 3.05) is 6.79 Å². The van der Waals surface area contributed by atoms with Crippen LogP contribution in [0.1, 0.15) is 46.1 Å². The van der Waals surface area contributed by atoms with Gasteiger partial charge in [-0.3, -0.25) is 0 Å². The Kier molecular flexibility index (Phi) is 7.18. The predicted octanol–water partition coefficient (Wildman–Crippen LogP) is 6.95. The number of hydrogen-bond donors (Lipinski definition) is 0. The van der Waals surface area contributed by atoms with Crippen molar-refractivity contribution in [1.82, 2.24) is 0 Å². The summed E-state index contributed by atoms with van der Waals surface area (Å²) in [6.07, 6.45) is 6.35. The molecular formula is C29H34O3S. The first-order chi connectivity index (χ1) is 15.8. The van der Waals surface area contributed by atoms with Gasteiger partial charge in [-0.2, -0.15) is 0 Å². The van der Waals surface area contributed by atoms with E-state index in [0.717, 1.165) is 34.4 Å². The van der Waals surface area contributed by atoms with Gasteiger partial charge in [0.25, 0.3) is 0 Å². The van der Waals surface area contributed by atoms with Crippen molar-refractivity contribution in [2.24, 2.45) is 10.8 Å². The molecule has 174 valence electrons. The first-order valence-corrected chi connectivity index (χ1v) is 12.8. The minimum atomic E-state index is -1.23. The number of fused-ring (bicyclic) bond motifs is 1. The van der Waals surface area contributed by atoms with Gasteiger partial charge in [0.1, 0.15) is 6.79 Å². The van der Waals surface area contributed by atoms with Gasteiger partial charge in [-0.05, 0) is 60.9 Å². The molecule has 0 amide bonds. The maximum absolute atomic E-state index is 13.3. The van der Waals surface area contributed by atoms with Gasteiger partial charge in [-0.25, -0.2) is 4.21 Å². The van der Waals surface area contributed by atoms with Crippen LogP contribution in [-0.4, -0.2) is 17.1 Å². The lowest BCUT2D eigenvalue weighted by Crippen LogP contribution is -2.48. The van der Waals surface area contributed by atoms with E-state index < -0.39 is 10.8 Å². The van der Waals surface area contributed by atoms with Crippen LogP contribution < -0.4 is 0 Å². The highest BCUT2D eigenvalue weighted by Gasteiger charge is 2.51. The minimum absolute atomic E-state index is 0.0457. The van der Waals surface area contributed by atoms with E-state index in [1.165, 1.54) is 5.57 Å². The van der Waals surface area contributed by atoms with Crippen LogP contribution >= 0.6 is 0 Å². The molecule has 0 N–H and O–H groups in total. The van der Waals surface area contributed by atoms with Crippen LogP contribution in [0.3, 0.4) is 0 Å². The normalized spacial score (nSPS) is 26.3. The van der Waals surface area contributed by atoms with Gasteiger partial charge in [0.05, 0.1) is 23.5 Å². The molecule has 3 atom stereocenters. The molecule has 0 saturated heterocycles. The summed E-state index contributed by atoms with van der Waals surface area (Å²) in [4.78, 5) is 0.816. The Morgan fingerprint density at radius 2 is 1.67 bits per heavy atom. The van der Waals surface area contributed by atoms with Gasteiger partial charge in [0, 0.05) is 15.7 Å². The van der Waals surface area contributed by atoms with Crippen molar-refractivity contribution in [3.05, 3.63) is 101 Å². The van der Waals surface area contributed by atoms with Crippen molar-refractivity contribution >= 4 is 10.8 Å². The van der Waals surface area contributed by atoms with E-state index in [-0.39, 0.29) is 23.7 Å². The zero-order chi connectivity index (χ0) is 23.5. The Hall–Kier alpha value is -2.27. The quantitative estimate of drug-likeness (QED) is 0.330. The van der Waals surface area contributed by atoms with Crippen LogP contribution in [0.15, 0.2) is 99.8 Å². The smallest absolute Gasteiger partial charge is 0.147 e. The summed E-state index contributed by atoms with van der Waals surface area (Å²) in [6, 6.07) is 19.8. The molecular weight excluding hydrogens is 428 g/mol. The molecule has 2 aliphatic rings. The number of allylic oxidation sites excluding steroid dienone is 3. The number of rotatable bonds is 7. The first kappa shape index (κ1) is 23.9. The van der Waals surface area contributed by atoms with E-state index in [1.54, 1.807) is 0 Å². The fraction of sp³-hybridized carbons (Fsp3) is 0.379. The summed E-state index contributed by atoms with van der Waals surface area (Å²) >= 11 is 0. The molecule has 1 fully saturated rings. The fourth-order valence-electron chi connectivity index (χ4n) is 5.28. The highest BCUT2D eigenvalue weighted by Crippen LogP contribution is 2.58. The predicted molar refractivity (Wildman–Crippen MR) is 135 cm³/mol. The molecule has 0 radical (unpaired) electrons. The van der Waals surface area contributed by atoms with E-state index >= 15 is 0 Å². The van der Waals surface area contributed by atoms with E-state index in [9.17, 15) is 4.21 Å². The van der Waals surface area contributed by atoms with E-state index in [1.807, 2.05) is 53.9 Å². The van der Waals surface area contributed by atoms with Gasteiger partial charge in [-0.15, -0.1) is 0 Å². The number of benzene rings is 2. The molecule has 2 aromatic rings. The summed E-state index contributed by atoms with van der Waals surface area (Å²) in [7, 11) is -1.23. The van der Waals surface area contributed by atoms with Crippen molar-refractivity contribution in [3.63, 3.8) is 0 Å². The molecule has 0 aromatic heterocycles. The van der Waals surface area contributed by atoms with Gasteiger partial charge in [0.2, 0.25) is 0 Å². The molecule has 1 saturated carbocycles. The van der Waals surface area contributed by atoms with Crippen molar-refractivity contribution < 1.29 is 13.7 Å². The summed E-state index contributed by atoms with van der Waals surface area (Å²) in [6.45, 7) is 9.74. The third kappa shape index (κ3) is 4.98. The Balaban J connectivity index is 1.60. The highest BCUT2D eigenvalue weighted by atomic mass is 32.2. The molecule has 0 bridgehead atoms. The standard InChI is InChI=1S/C29H34O3S/c1-22-15-16-26-28(2,3)18-17-27(32-21-31-19-23-11-7-5-8-12-23)29(26,4)25(22)20-33(30)24-13-9-6-10-14-24/h5-16,20,27H,17-19,21H2,1-4H3. The Bertz CT molecular complexity index is 1080. The number of hydrogen-bond acceptors (Lipinski definition) is 3. The van der Waals surface area contributed by atoms with E-state index in [4.69, 9.17) is 9.47 Å². The lowest BCUT2D eigenvalue weighted by atomic mass is 9.54. The maximum Gasteiger partial charge on any atom is 0.147 e. The Morgan fingerprint density at radius 1 is 1.00 bits per heavy atom. The number of ether oxygens (including phenoxy) is 2. The summed E-state index contributed by atoms with van der Waals surface area (Å²) in [5.41, 5.74) is 4.40. The lowest BCUT2D eigenvalue weighted by Gasteiger charge is -2.53. The van der Waals surface area contributed by atoms with Crippen LogP contribution in [-0.2, 0) is 26.9 Å². The zero-order valence-corrected chi connectivity index (χ0v) is 20.9. The third-order valence-corrected chi connectivity index (χ3v) is 8.30. The van der Waals surface area contributed by atoms with Gasteiger partial charge in [-0.1, -0.05) is 80.1 Å². The minimum Gasteiger partial charge on any atom is -0.351 e. The monoisotopic (exact) mass is 462 g/mol. The Labute approximate surface area is 200 Å². The largest absolute Gasteiger partial charge is 0.351 e. The molecule has 3 unspecified atom stereocenters. The average molecular weight is 463 g/mol. The maximum atomic E-state index is 13.3. The topological polar surface area (TPSA) is 35.5 Å². The van der Waals surface area contributed by atoms with Gasteiger partial charge in [0.15, 0.2) is 0 Å². The van der Waals surface area contributed by atoms with E-state index in [2.05, 4.69) is 52.0 Å². The summed E-state index contributed by atoms with van der Waals surface area (Å²) < 4.78 is 25.6. The van der Waals surface area contributed by atoms with Crippen molar-refractivity contribution in [1.29, 1.82) is 0 Å². The zero-order valence-electron chi connectivity index (χ0n) is 20.0. The Morgan fingerprint density at radius 3 is 2.36 bits per heavy atom. The molecule has 0 aliphatic heterocycles. The van der Waals surface area contributed by atoms with Crippen LogP contribution in [0.4, 0.5) is 0 Å². The summed E-state index contributed by atoms with van der Waals surface area (Å²) in [5, 5.41) is 1.94.